The molecule has 0 aliphatic carbocycles. The molecular weight excluding hydrogens is 590 g/mol. The summed E-state index contributed by atoms with van der Waals surface area (Å²) in [6.07, 6.45) is 6.03. The summed E-state index contributed by atoms with van der Waals surface area (Å²) in [5.74, 6) is -0.458. The first-order valence-corrected chi connectivity index (χ1v) is 14.1. The van der Waals surface area contributed by atoms with Crippen molar-refractivity contribution in [2.75, 3.05) is 11.1 Å². The minimum atomic E-state index is -0.445. The van der Waals surface area contributed by atoms with Crippen LogP contribution in [0, 0.1) is 0 Å². The number of nitrogens with one attached hydrogen (secondary N) is 1. The number of pyridine rings is 2. The van der Waals surface area contributed by atoms with Crippen LogP contribution in [0.1, 0.15) is 25.8 Å². The standard InChI is InChI=1S/C30H22ClN7O4S/c31-27-6-5-20(43-27)15-34-28-14-24(36-38(28)30(41)21-3-1-2-4-23(21)32)19-13-22(18-7-10-33-11-8-18)29(40)37(16-19)17-25(39)26-9-12-35-42-26/h1-14,16,34H,15,17,32H2. The molecule has 0 spiro atoms. The number of thiophene rings is 1. The van der Waals surface area contributed by atoms with Gasteiger partial charge in [-0.15, -0.1) is 11.3 Å². The molecule has 43 heavy (non-hydrogen) atoms. The highest BCUT2D eigenvalue weighted by molar-refractivity contribution is 7.16. The summed E-state index contributed by atoms with van der Waals surface area (Å²) in [5, 5.41) is 11.5. The minimum absolute atomic E-state index is 0.0262. The Morgan fingerprint density at radius 3 is 2.53 bits per heavy atom. The topological polar surface area (TPSA) is 151 Å². The predicted molar refractivity (Wildman–Crippen MR) is 163 cm³/mol. The lowest BCUT2D eigenvalue weighted by Gasteiger charge is -2.10. The van der Waals surface area contributed by atoms with Gasteiger partial charge in [0.2, 0.25) is 11.5 Å². The number of benzene rings is 1. The van der Waals surface area contributed by atoms with Crippen molar-refractivity contribution in [3.8, 4) is 22.4 Å². The number of aromatic nitrogens is 5. The van der Waals surface area contributed by atoms with E-state index in [0.29, 0.717) is 44.8 Å². The van der Waals surface area contributed by atoms with Gasteiger partial charge in [0.1, 0.15) is 5.82 Å². The Hall–Kier alpha value is -5.33. The quantitative estimate of drug-likeness (QED) is 0.165. The molecule has 6 aromatic rings. The molecule has 1 aromatic carbocycles. The highest BCUT2D eigenvalue weighted by atomic mass is 35.5. The molecular formula is C30H22ClN7O4S. The molecule has 13 heteroatoms. The van der Waals surface area contributed by atoms with Gasteiger partial charge in [-0.3, -0.25) is 19.4 Å². The molecule has 5 aromatic heterocycles. The summed E-state index contributed by atoms with van der Waals surface area (Å²) in [7, 11) is 0. The average Bonchev–Trinajstić information content (AvgIpc) is 3.79. The molecule has 0 amide bonds. The van der Waals surface area contributed by atoms with E-state index in [1.165, 1.54) is 39.0 Å². The Labute approximate surface area is 253 Å². The van der Waals surface area contributed by atoms with Crippen LogP contribution < -0.4 is 16.6 Å². The Kier molecular flexibility index (Phi) is 7.69. The van der Waals surface area contributed by atoms with Crippen LogP contribution >= 0.6 is 22.9 Å². The maximum absolute atomic E-state index is 13.7. The van der Waals surface area contributed by atoms with E-state index >= 15 is 0 Å². The van der Waals surface area contributed by atoms with Gasteiger partial charge in [-0.2, -0.15) is 9.78 Å². The van der Waals surface area contributed by atoms with Crippen molar-refractivity contribution >= 4 is 46.1 Å². The van der Waals surface area contributed by atoms with E-state index in [1.54, 1.807) is 67.0 Å². The molecule has 11 nitrogen and oxygen atoms in total. The van der Waals surface area contributed by atoms with Crippen LogP contribution in [0.3, 0.4) is 0 Å². The number of Topliss-reactive ketones (excluding diaryl/α,β-unsaturated/α-hetero) is 1. The van der Waals surface area contributed by atoms with Gasteiger partial charge >= 0.3 is 0 Å². The maximum atomic E-state index is 13.7. The molecule has 0 atom stereocenters. The molecule has 0 fully saturated rings. The molecule has 5 heterocycles. The lowest BCUT2D eigenvalue weighted by molar-refractivity contribution is 0.0931. The van der Waals surface area contributed by atoms with Gasteiger partial charge in [0.25, 0.3) is 11.5 Å². The van der Waals surface area contributed by atoms with Crippen LogP contribution in [0.25, 0.3) is 22.4 Å². The second-order valence-electron chi connectivity index (χ2n) is 9.39. The number of nitrogens with two attached hydrogens (primary N) is 1. The summed E-state index contributed by atoms with van der Waals surface area (Å²) in [6, 6.07) is 18.6. The molecule has 3 N–H and O–H groups in total. The maximum Gasteiger partial charge on any atom is 0.282 e. The summed E-state index contributed by atoms with van der Waals surface area (Å²) >= 11 is 7.52. The van der Waals surface area contributed by atoms with E-state index < -0.39 is 17.2 Å². The fourth-order valence-corrected chi connectivity index (χ4v) is 5.48. The molecule has 0 aliphatic rings. The Balaban J connectivity index is 1.46. The Bertz CT molecular complexity index is 2000. The molecule has 0 saturated carbocycles. The number of carbonyl (C=O) groups is 2. The van der Waals surface area contributed by atoms with Gasteiger partial charge in [0, 0.05) is 52.4 Å². The smallest absolute Gasteiger partial charge is 0.282 e. The molecule has 0 bridgehead atoms. The Morgan fingerprint density at radius 1 is 1.00 bits per heavy atom. The normalized spacial score (nSPS) is 11.0. The van der Waals surface area contributed by atoms with Crippen molar-refractivity contribution in [1.82, 2.24) is 24.5 Å². The van der Waals surface area contributed by atoms with Crippen molar-refractivity contribution < 1.29 is 14.1 Å². The van der Waals surface area contributed by atoms with Gasteiger partial charge in [-0.05, 0) is 48.0 Å². The predicted octanol–water partition coefficient (Wildman–Crippen LogP) is 5.24. The van der Waals surface area contributed by atoms with E-state index in [9.17, 15) is 14.4 Å². The summed E-state index contributed by atoms with van der Waals surface area (Å²) in [6.45, 7) is 0.0813. The summed E-state index contributed by atoms with van der Waals surface area (Å²) in [5.41, 5.74) is 8.10. The van der Waals surface area contributed by atoms with Gasteiger partial charge < -0.3 is 20.1 Å². The van der Waals surface area contributed by atoms with Gasteiger partial charge in [0.15, 0.2) is 0 Å². The van der Waals surface area contributed by atoms with Gasteiger partial charge in [-0.1, -0.05) is 28.9 Å². The molecule has 0 saturated heterocycles. The molecule has 0 radical (unpaired) electrons. The summed E-state index contributed by atoms with van der Waals surface area (Å²) < 4.78 is 8.16. The van der Waals surface area contributed by atoms with Crippen LogP contribution in [0.5, 0.6) is 0 Å². The highest BCUT2D eigenvalue weighted by Gasteiger charge is 2.21. The van der Waals surface area contributed by atoms with E-state index in [2.05, 4.69) is 20.6 Å². The SMILES string of the molecule is Nc1ccccc1C(=O)n1nc(-c2cc(-c3ccncc3)c(=O)n(CC(=O)c3ccno3)c2)cc1NCc1ccc(Cl)s1. The van der Waals surface area contributed by atoms with Crippen molar-refractivity contribution in [1.29, 1.82) is 0 Å². The number of anilines is 2. The van der Waals surface area contributed by atoms with Crippen LogP contribution in [0.4, 0.5) is 11.5 Å². The summed E-state index contributed by atoms with van der Waals surface area (Å²) in [4.78, 5) is 45.1. The first-order valence-electron chi connectivity index (χ1n) is 12.9. The third kappa shape index (κ3) is 5.87. The van der Waals surface area contributed by atoms with E-state index in [-0.39, 0.29) is 17.9 Å². The van der Waals surface area contributed by atoms with E-state index in [1.807, 2.05) is 6.07 Å². The largest absolute Gasteiger partial charge is 0.398 e. The monoisotopic (exact) mass is 611 g/mol. The van der Waals surface area contributed by atoms with E-state index in [4.69, 9.17) is 21.9 Å². The number of ketones is 1. The van der Waals surface area contributed by atoms with Crippen LogP contribution in [0.15, 0.2) is 101 Å². The van der Waals surface area contributed by atoms with Gasteiger partial charge in [-0.25, -0.2) is 0 Å². The molecule has 6 rings (SSSR count). The molecule has 0 unspecified atom stereocenters. The number of hydrogen-bond donors (Lipinski definition) is 2. The zero-order valence-corrected chi connectivity index (χ0v) is 23.9. The third-order valence-corrected chi connectivity index (χ3v) is 7.80. The van der Waals surface area contributed by atoms with Crippen molar-refractivity contribution in [2.45, 2.75) is 13.1 Å². The lowest BCUT2D eigenvalue weighted by Crippen LogP contribution is -2.25. The number of nitrogen functional groups attached to an aromatic ring is 1. The number of hydrogen-bond acceptors (Lipinski definition) is 10. The second-order valence-corrected chi connectivity index (χ2v) is 11.2. The molecule has 0 aliphatic heterocycles. The second kappa shape index (κ2) is 11.9. The number of para-hydroxylation sites is 1. The first kappa shape index (κ1) is 27.8. The average molecular weight is 612 g/mol. The zero-order valence-electron chi connectivity index (χ0n) is 22.3. The van der Waals surface area contributed by atoms with Crippen LogP contribution in [-0.2, 0) is 13.1 Å². The fraction of sp³-hybridized carbons (Fsp3) is 0.0667. The highest BCUT2D eigenvalue weighted by Crippen LogP contribution is 2.28. The number of nitrogens with zero attached hydrogens (tertiary/aromatic N) is 5. The minimum Gasteiger partial charge on any atom is -0.398 e. The van der Waals surface area contributed by atoms with Crippen molar-refractivity contribution in [3.05, 3.63) is 122 Å². The van der Waals surface area contributed by atoms with Crippen molar-refractivity contribution in [2.24, 2.45) is 0 Å². The Morgan fingerprint density at radius 2 is 1.81 bits per heavy atom. The van der Waals surface area contributed by atoms with E-state index in [0.717, 1.165) is 4.88 Å². The van der Waals surface area contributed by atoms with Crippen LogP contribution in [-0.4, -0.2) is 36.2 Å². The zero-order chi connectivity index (χ0) is 29.9. The fourth-order valence-electron chi connectivity index (χ4n) is 4.46. The number of rotatable bonds is 9. The number of halogens is 1. The molecule has 214 valence electrons. The van der Waals surface area contributed by atoms with Gasteiger partial charge in [0.05, 0.1) is 34.9 Å². The lowest BCUT2D eigenvalue weighted by atomic mass is 10.1. The number of carbonyl (C=O) groups excluding carboxylic acids is 2. The third-order valence-electron chi connectivity index (χ3n) is 6.57. The first-order chi connectivity index (χ1) is 20.9. The van der Waals surface area contributed by atoms with Crippen LogP contribution in [0.2, 0.25) is 4.34 Å². The van der Waals surface area contributed by atoms with Crippen molar-refractivity contribution in [3.63, 3.8) is 0 Å².